The molecular formula is C18H22N2O3S. The van der Waals surface area contributed by atoms with E-state index in [0.29, 0.717) is 22.1 Å². The number of hydrogen-bond acceptors (Lipinski definition) is 4. The maximum absolute atomic E-state index is 11.9. The van der Waals surface area contributed by atoms with Crippen molar-refractivity contribution < 1.29 is 14.7 Å². The van der Waals surface area contributed by atoms with Crippen molar-refractivity contribution in [3.05, 3.63) is 34.7 Å². The van der Waals surface area contributed by atoms with E-state index in [-0.39, 0.29) is 18.2 Å². The minimum atomic E-state index is -0.912. The summed E-state index contributed by atoms with van der Waals surface area (Å²) in [7, 11) is 0. The standard InChI is InChI=1S/C18H22N2O3S/c1-4-12-5-7-13(8-6-12)17-14(10-16(22)23)24-18(20-17)19-15(21)9-11(2)3/h5-8,11H,4,9-10H2,1-3H3,(H,22,23)(H,19,20,21). The van der Waals surface area contributed by atoms with Gasteiger partial charge in [0.1, 0.15) is 0 Å². The molecule has 2 aromatic rings. The number of amides is 1. The summed E-state index contributed by atoms with van der Waals surface area (Å²) in [5.41, 5.74) is 2.70. The highest BCUT2D eigenvalue weighted by Gasteiger charge is 2.17. The number of hydrogen-bond donors (Lipinski definition) is 2. The summed E-state index contributed by atoms with van der Waals surface area (Å²) < 4.78 is 0. The van der Waals surface area contributed by atoms with Gasteiger partial charge in [0.2, 0.25) is 5.91 Å². The molecule has 1 aromatic heterocycles. The van der Waals surface area contributed by atoms with Crippen LogP contribution in [0.2, 0.25) is 0 Å². The van der Waals surface area contributed by atoms with Crippen LogP contribution in [0.5, 0.6) is 0 Å². The predicted molar refractivity (Wildman–Crippen MR) is 96.4 cm³/mol. The number of aliphatic carboxylic acids is 1. The molecule has 128 valence electrons. The van der Waals surface area contributed by atoms with Gasteiger partial charge in [-0.1, -0.05) is 45.0 Å². The Labute approximate surface area is 145 Å². The van der Waals surface area contributed by atoms with Gasteiger partial charge >= 0.3 is 5.97 Å². The summed E-state index contributed by atoms with van der Waals surface area (Å²) in [5, 5.41) is 12.3. The second kappa shape index (κ2) is 8.06. The average Bonchev–Trinajstić information content (AvgIpc) is 2.88. The van der Waals surface area contributed by atoms with Crippen LogP contribution in [0, 0.1) is 5.92 Å². The highest BCUT2D eigenvalue weighted by molar-refractivity contribution is 7.16. The Morgan fingerprint density at radius 2 is 1.92 bits per heavy atom. The summed E-state index contributed by atoms with van der Waals surface area (Å²) in [6, 6.07) is 7.91. The molecule has 2 rings (SSSR count). The third-order valence-electron chi connectivity index (χ3n) is 3.48. The lowest BCUT2D eigenvalue weighted by Gasteiger charge is -2.03. The van der Waals surface area contributed by atoms with E-state index in [1.54, 1.807) is 0 Å². The number of thiazole rings is 1. The van der Waals surface area contributed by atoms with E-state index < -0.39 is 5.97 Å². The van der Waals surface area contributed by atoms with Crippen molar-refractivity contribution in [1.82, 2.24) is 4.98 Å². The largest absolute Gasteiger partial charge is 0.481 e. The maximum atomic E-state index is 11.9. The molecule has 1 heterocycles. The van der Waals surface area contributed by atoms with Gasteiger partial charge in [0.15, 0.2) is 5.13 Å². The van der Waals surface area contributed by atoms with Crippen LogP contribution in [-0.2, 0) is 22.4 Å². The minimum Gasteiger partial charge on any atom is -0.481 e. The molecule has 0 spiro atoms. The molecule has 0 aliphatic carbocycles. The van der Waals surface area contributed by atoms with Crippen LogP contribution in [0.1, 0.15) is 37.6 Å². The molecule has 6 heteroatoms. The van der Waals surface area contributed by atoms with Gasteiger partial charge in [-0.3, -0.25) is 9.59 Å². The lowest BCUT2D eigenvalue weighted by molar-refractivity contribution is -0.136. The van der Waals surface area contributed by atoms with Gasteiger partial charge in [-0.25, -0.2) is 4.98 Å². The first-order chi connectivity index (χ1) is 11.4. The second-order valence-corrected chi connectivity index (χ2v) is 7.14. The Morgan fingerprint density at radius 3 is 2.46 bits per heavy atom. The number of rotatable bonds is 7. The first-order valence-corrected chi connectivity index (χ1v) is 8.81. The number of carboxylic acid groups (broad SMARTS) is 1. The molecular weight excluding hydrogens is 324 g/mol. The molecule has 1 amide bonds. The van der Waals surface area contributed by atoms with Gasteiger partial charge in [-0.05, 0) is 17.9 Å². The smallest absolute Gasteiger partial charge is 0.308 e. The van der Waals surface area contributed by atoms with Gasteiger partial charge in [0.25, 0.3) is 0 Å². The number of aryl methyl sites for hydroxylation is 1. The zero-order valence-corrected chi connectivity index (χ0v) is 14.9. The van der Waals surface area contributed by atoms with Crippen molar-refractivity contribution in [3.8, 4) is 11.3 Å². The molecule has 0 atom stereocenters. The van der Waals surface area contributed by atoms with Crippen LogP contribution < -0.4 is 5.32 Å². The Balaban J connectivity index is 2.30. The summed E-state index contributed by atoms with van der Waals surface area (Å²) in [5.74, 6) is -0.761. The van der Waals surface area contributed by atoms with Gasteiger partial charge in [-0.15, -0.1) is 11.3 Å². The molecule has 2 N–H and O–H groups in total. The molecule has 0 saturated carbocycles. The van der Waals surface area contributed by atoms with Crippen molar-refractivity contribution in [2.45, 2.75) is 40.0 Å². The number of carbonyl (C=O) groups is 2. The number of nitrogens with one attached hydrogen (secondary N) is 1. The third kappa shape index (κ3) is 4.89. The topological polar surface area (TPSA) is 79.3 Å². The second-order valence-electron chi connectivity index (χ2n) is 6.06. The van der Waals surface area contributed by atoms with Crippen LogP contribution in [0.4, 0.5) is 5.13 Å². The van der Waals surface area contributed by atoms with E-state index in [0.717, 1.165) is 12.0 Å². The predicted octanol–water partition coefficient (Wildman–Crippen LogP) is 3.98. The first-order valence-electron chi connectivity index (χ1n) is 7.99. The van der Waals surface area contributed by atoms with Crippen molar-refractivity contribution in [3.63, 3.8) is 0 Å². The number of anilines is 1. The Morgan fingerprint density at radius 1 is 1.25 bits per heavy atom. The molecule has 1 aromatic carbocycles. The van der Waals surface area contributed by atoms with Crippen molar-refractivity contribution in [2.24, 2.45) is 5.92 Å². The monoisotopic (exact) mass is 346 g/mol. The highest BCUT2D eigenvalue weighted by Crippen LogP contribution is 2.32. The van der Waals surface area contributed by atoms with Gasteiger partial charge in [-0.2, -0.15) is 0 Å². The van der Waals surface area contributed by atoms with Crippen LogP contribution in [0.15, 0.2) is 24.3 Å². The molecule has 5 nitrogen and oxygen atoms in total. The Hall–Kier alpha value is -2.21. The van der Waals surface area contributed by atoms with E-state index in [1.807, 2.05) is 38.1 Å². The zero-order chi connectivity index (χ0) is 17.7. The normalized spacial score (nSPS) is 10.8. The maximum Gasteiger partial charge on any atom is 0.308 e. The molecule has 0 fully saturated rings. The Kier molecular flexibility index (Phi) is 6.09. The van der Waals surface area contributed by atoms with Crippen LogP contribution in [-0.4, -0.2) is 22.0 Å². The van der Waals surface area contributed by atoms with Gasteiger partial charge < -0.3 is 10.4 Å². The lowest BCUT2D eigenvalue weighted by atomic mass is 10.1. The summed E-state index contributed by atoms with van der Waals surface area (Å²) in [6.07, 6.45) is 1.24. The third-order valence-corrected chi connectivity index (χ3v) is 4.46. The first kappa shape index (κ1) is 18.1. The molecule has 0 saturated heterocycles. The lowest BCUT2D eigenvalue weighted by Crippen LogP contribution is -2.13. The Bertz CT molecular complexity index is 720. The molecule has 24 heavy (non-hydrogen) atoms. The van der Waals surface area contributed by atoms with Crippen molar-refractivity contribution >= 4 is 28.3 Å². The number of nitrogens with zero attached hydrogens (tertiary/aromatic N) is 1. The number of aromatic nitrogens is 1. The van der Waals surface area contributed by atoms with Gasteiger partial charge in [0, 0.05) is 16.9 Å². The minimum absolute atomic E-state index is 0.103. The van der Waals surface area contributed by atoms with Gasteiger partial charge in [0.05, 0.1) is 12.1 Å². The van der Waals surface area contributed by atoms with E-state index in [2.05, 4.69) is 17.2 Å². The summed E-state index contributed by atoms with van der Waals surface area (Å²) in [6.45, 7) is 6.02. The zero-order valence-electron chi connectivity index (χ0n) is 14.1. The fraction of sp³-hybridized carbons (Fsp3) is 0.389. The summed E-state index contributed by atoms with van der Waals surface area (Å²) in [4.78, 5) is 28.2. The van der Waals surface area contributed by atoms with E-state index in [9.17, 15) is 9.59 Å². The molecule has 0 radical (unpaired) electrons. The SMILES string of the molecule is CCc1ccc(-c2nc(NC(=O)CC(C)C)sc2CC(=O)O)cc1. The molecule has 0 unspecified atom stereocenters. The fourth-order valence-electron chi connectivity index (χ4n) is 2.33. The van der Waals surface area contributed by atoms with Crippen LogP contribution in [0.3, 0.4) is 0 Å². The fourth-order valence-corrected chi connectivity index (χ4v) is 3.32. The van der Waals surface area contributed by atoms with E-state index in [1.165, 1.54) is 16.9 Å². The molecule has 0 aliphatic heterocycles. The quantitative estimate of drug-likeness (QED) is 0.794. The van der Waals surface area contributed by atoms with Crippen LogP contribution in [0.25, 0.3) is 11.3 Å². The average molecular weight is 346 g/mol. The van der Waals surface area contributed by atoms with E-state index >= 15 is 0 Å². The number of carbonyl (C=O) groups excluding carboxylic acids is 1. The summed E-state index contributed by atoms with van der Waals surface area (Å²) >= 11 is 1.22. The van der Waals surface area contributed by atoms with Crippen LogP contribution >= 0.6 is 11.3 Å². The number of carboxylic acids is 1. The highest BCUT2D eigenvalue weighted by atomic mass is 32.1. The van der Waals surface area contributed by atoms with E-state index in [4.69, 9.17) is 5.11 Å². The van der Waals surface area contributed by atoms with Crippen molar-refractivity contribution in [2.75, 3.05) is 5.32 Å². The molecule has 0 bridgehead atoms. The number of benzene rings is 1. The molecule has 0 aliphatic rings. The van der Waals surface area contributed by atoms with Crippen molar-refractivity contribution in [1.29, 1.82) is 0 Å².